The second-order valence-electron chi connectivity index (χ2n) is 8.91. The van der Waals surface area contributed by atoms with Gasteiger partial charge in [-0.1, -0.05) is 42.3 Å². The largest absolute Gasteiger partial charge is 0.496 e. The minimum Gasteiger partial charge on any atom is -0.496 e. The molecule has 2 aromatic heterocycles. The van der Waals surface area contributed by atoms with Crippen molar-refractivity contribution in [2.24, 2.45) is 4.99 Å². The fourth-order valence-corrected chi connectivity index (χ4v) is 5.11. The molecule has 0 bridgehead atoms. The van der Waals surface area contributed by atoms with Gasteiger partial charge in [0.1, 0.15) is 22.9 Å². The summed E-state index contributed by atoms with van der Waals surface area (Å²) in [6, 6.07) is 14.0. The molecule has 1 aliphatic rings. The number of nitrogens with zero attached hydrogens (tertiary/aromatic N) is 2. The van der Waals surface area contributed by atoms with Gasteiger partial charge in [-0.25, -0.2) is 4.98 Å². The SMILES string of the molecule is CC/C(C)=C(\C(C)=N)c1cc2[nH]c3c(c2cc1OC)C(c1cc(Cl)nc2ccccc12)=NC(C)N3. The van der Waals surface area contributed by atoms with Crippen LogP contribution in [0.3, 0.4) is 0 Å². The van der Waals surface area contributed by atoms with E-state index in [0.29, 0.717) is 10.9 Å². The molecule has 6 nitrogen and oxygen atoms in total. The molecule has 0 amide bonds. The van der Waals surface area contributed by atoms with Gasteiger partial charge in [0.25, 0.3) is 0 Å². The second kappa shape index (κ2) is 8.86. The number of methoxy groups -OCH3 is 1. The van der Waals surface area contributed by atoms with Crippen LogP contribution in [0.25, 0.3) is 27.4 Å². The van der Waals surface area contributed by atoms with E-state index in [2.05, 4.69) is 35.2 Å². The van der Waals surface area contributed by atoms with Crippen LogP contribution in [-0.4, -0.2) is 34.7 Å². The van der Waals surface area contributed by atoms with Crippen molar-refractivity contribution in [2.45, 2.75) is 40.3 Å². The molecule has 5 rings (SSSR count). The third-order valence-corrected chi connectivity index (χ3v) is 6.77. The summed E-state index contributed by atoms with van der Waals surface area (Å²) in [5.41, 5.74) is 8.05. The summed E-state index contributed by atoms with van der Waals surface area (Å²) in [7, 11) is 1.67. The summed E-state index contributed by atoms with van der Waals surface area (Å²) >= 11 is 6.44. The summed E-state index contributed by atoms with van der Waals surface area (Å²) in [5.74, 6) is 1.63. The number of benzene rings is 2. The molecule has 1 aliphatic heterocycles. The van der Waals surface area contributed by atoms with Crippen LogP contribution in [0.15, 0.2) is 53.0 Å². The molecule has 3 heterocycles. The number of ether oxygens (including phenoxy) is 1. The van der Waals surface area contributed by atoms with Crippen LogP contribution >= 0.6 is 11.6 Å². The number of rotatable bonds is 5. The highest BCUT2D eigenvalue weighted by Crippen LogP contribution is 2.40. The first-order valence-electron chi connectivity index (χ1n) is 11.7. The maximum atomic E-state index is 8.43. The highest BCUT2D eigenvalue weighted by atomic mass is 35.5. The van der Waals surface area contributed by atoms with Crippen molar-refractivity contribution in [1.82, 2.24) is 9.97 Å². The molecule has 0 fully saturated rings. The van der Waals surface area contributed by atoms with E-state index in [1.807, 2.05) is 50.2 Å². The van der Waals surface area contributed by atoms with Crippen molar-refractivity contribution in [3.05, 3.63) is 69.9 Å². The number of H-pyrrole nitrogens is 1. The number of para-hydroxylation sites is 1. The molecule has 35 heavy (non-hydrogen) atoms. The van der Waals surface area contributed by atoms with Gasteiger partial charge in [-0.05, 0) is 51.5 Å². The molecule has 1 unspecified atom stereocenters. The molecule has 1 atom stereocenters. The Morgan fingerprint density at radius 3 is 2.63 bits per heavy atom. The normalized spacial score (nSPS) is 15.9. The van der Waals surface area contributed by atoms with Crippen LogP contribution in [0.1, 0.15) is 50.8 Å². The Morgan fingerprint density at radius 2 is 1.91 bits per heavy atom. The zero-order valence-electron chi connectivity index (χ0n) is 20.5. The van der Waals surface area contributed by atoms with E-state index in [4.69, 9.17) is 26.7 Å². The molecular formula is C28H28ClN5O. The number of hydrogen-bond acceptors (Lipinski definition) is 5. The average molecular weight is 486 g/mol. The van der Waals surface area contributed by atoms with Gasteiger partial charge in [0, 0.05) is 38.7 Å². The number of fused-ring (bicyclic) bond motifs is 4. The number of aromatic amines is 1. The first kappa shape index (κ1) is 23.1. The lowest BCUT2D eigenvalue weighted by Gasteiger charge is -2.22. The Labute approximate surface area is 209 Å². The lowest BCUT2D eigenvalue weighted by Crippen LogP contribution is -2.23. The molecule has 0 aliphatic carbocycles. The summed E-state index contributed by atoms with van der Waals surface area (Å²) in [6.07, 6.45) is 0.735. The van der Waals surface area contributed by atoms with Crippen molar-refractivity contribution in [1.29, 1.82) is 5.41 Å². The monoisotopic (exact) mass is 485 g/mol. The van der Waals surface area contributed by atoms with Crippen molar-refractivity contribution >= 4 is 56.2 Å². The molecule has 178 valence electrons. The number of pyridine rings is 1. The van der Waals surface area contributed by atoms with E-state index in [1.165, 1.54) is 0 Å². The average Bonchev–Trinajstić information content (AvgIpc) is 3.18. The van der Waals surface area contributed by atoms with Crippen LogP contribution in [0.5, 0.6) is 5.75 Å². The minimum absolute atomic E-state index is 0.126. The van der Waals surface area contributed by atoms with Crippen LogP contribution < -0.4 is 10.1 Å². The Kier molecular flexibility index (Phi) is 5.85. The zero-order valence-corrected chi connectivity index (χ0v) is 21.3. The van der Waals surface area contributed by atoms with Crippen LogP contribution in [0, 0.1) is 5.41 Å². The molecule has 0 spiro atoms. The van der Waals surface area contributed by atoms with Gasteiger partial charge in [0.05, 0.1) is 23.9 Å². The van der Waals surface area contributed by atoms with Crippen LogP contribution in [-0.2, 0) is 0 Å². The van der Waals surface area contributed by atoms with E-state index in [9.17, 15) is 0 Å². The molecule has 4 aromatic rings. The lowest BCUT2D eigenvalue weighted by atomic mass is 9.92. The third-order valence-electron chi connectivity index (χ3n) is 6.57. The zero-order chi connectivity index (χ0) is 24.9. The van der Waals surface area contributed by atoms with E-state index in [-0.39, 0.29) is 6.17 Å². The summed E-state index contributed by atoms with van der Waals surface area (Å²) in [5, 5.41) is 14.3. The predicted molar refractivity (Wildman–Crippen MR) is 147 cm³/mol. The van der Waals surface area contributed by atoms with E-state index in [1.54, 1.807) is 7.11 Å². The number of nitrogens with one attached hydrogen (secondary N) is 3. The highest BCUT2D eigenvalue weighted by molar-refractivity contribution is 6.33. The standard InChI is InChI=1S/C28H28ClN5O/c1-6-14(2)25(15(3)30)20-11-22-19(12-23(20)35-5)26-27(31-16(4)32-28(26)34-22)18-13-24(29)33-21-10-8-7-9-17(18)21/h7-13,16,30,32,34H,6H2,1-5H3/b25-14+,30-15?. The summed E-state index contributed by atoms with van der Waals surface area (Å²) < 4.78 is 5.85. The Bertz CT molecular complexity index is 1560. The van der Waals surface area contributed by atoms with Gasteiger partial charge in [0.2, 0.25) is 0 Å². The quantitative estimate of drug-likeness (QED) is 0.206. The number of allylic oxidation sites excluding steroid dienone is 2. The van der Waals surface area contributed by atoms with E-state index in [0.717, 1.165) is 73.3 Å². The minimum atomic E-state index is -0.126. The van der Waals surface area contributed by atoms with Crippen LogP contribution in [0.4, 0.5) is 5.82 Å². The smallest absolute Gasteiger partial charge is 0.130 e. The van der Waals surface area contributed by atoms with E-state index < -0.39 is 0 Å². The fraction of sp³-hybridized carbons (Fsp3) is 0.250. The van der Waals surface area contributed by atoms with Gasteiger partial charge >= 0.3 is 0 Å². The van der Waals surface area contributed by atoms with Crippen molar-refractivity contribution in [3.8, 4) is 5.75 Å². The molecular weight excluding hydrogens is 458 g/mol. The third kappa shape index (κ3) is 3.88. The van der Waals surface area contributed by atoms with Crippen molar-refractivity contribution in [3.63, 3.8) is 0 Å². The molecule has 0 saturated carbocycles. The highest BCUT2D eigenvalue weighted by Gasteiger charge is 2.27. The number of halogens is 1. The number of anilines is 1. The Balaban J connectivity index is 1.80. The van der Waals surface area contributed by atoms with Gasteiger partial charge in [0.15, 0.2) is 0 Å². The topological polar surface area (TPSA) is 86.2 Å². The molecule has 3 N–H and O–H groups in total. The van der Waals surface area contributed by atoms with E-state index >= 15 is 0 Å². The van der Waals surface area contributed by atoms with Crippen LogP contribution in [0.2, 0.25) is 5.15 Å². The Hall–Kier alpha value is -3.64. The number of aliphatic imine (C=N–C) groups is 1. The maximum Gasteiger partial charge on any atom is 0.130 e. The summed E-state index contributed by atoms with van der Waals surface area (Å²) in [4.78, 5) is 13.1. The number of hydrogen-bond donors (Lipinski definition) is 3. The van der Waals surface area contributed by atoms with Crippen molar-refractivity contribution < 1.29 is 4.74 Å². The first-order valence-corrected chi connectivity index (χ1v) is 12.1. The Morgan fingerprint density at radius 1 is 1.14 bits per heavy atom. The molecule has 0 saturated heterocycles. The lowest BCUT2D eigenvalue weighted by molar-refractivity contribution is 0.414. The molecule has 7 heteroatoms. The predicted octanol–water partition coefficient (Wildman–Crippen LogP) is 7.21. The van der Waals surface area contributed by atoms with Gasteiger partial charge in [-0.3, -0.25) is 4.99 Å². The van der Waals surface area contributed by atoms with Gasteiger partial charge in [-0.2, -0.15) is 0 Å². The summed E-state index contributed by atoms with van der Waals surface area (Å²) in [6.45, 7) is 8.03. The fourth-order valence-electron chi connectivity index (χ4n) is 4.91. The van der Waals surface area contributed by atoms with Crippen molar-refractivity contribution in [2.75, 3.05) is 12.4 Å². The molecule has 0 radical (unpaired) electrons. The van der Waals surface area contributed by atoms with Gasteiger partial charge in [-0.15, -0.1) is 0 Å². The maximum absolute atomic E-state index is 8.43. The first-order chi connectivity index (χ1) is 16.8. The number of aromatic nitrogens is 2. The van der Waals surface area contributed by atoms with Gasteiger partial charge < -0.3 is 20.4 Å². The second-order valence-corrected chi connectivity index (χ2v) is 9.30. The molecule has 2 aromatic carbocycles.